The first-order chi connectivity index (χ1) is 20.2. The maximum atomic E-state index is 14.2. The normalized spacial score (nSPS) is 23.4. The summed E-state index contributed by atoms with van der Waals surface area (Å²) in [6, 6.07) is 12.9. The third-order valence-electron chi connectivity index (χ3n) is 9.80. The van der Waals surface area contributed by atoms with E-state index in [0.717, 1.165) is 18.4 Å². The molecule has 3 fully saturated rings. The number of carbonyl (C=O) groups excluding carboxylic acids is 2. The van der Waals surface area contributed by atoms with E-state index in [1.807, 2.05) is 31.1 Å². The Bertz CT molecular complexity index is 1500. The number of hydrogen-bond donors (Lipinski definition) is 2. The number of thiol groups is 1. The monoisotopic (exact) mass is 588 g/mol. The third-order valence-corrected chi connectivity index (χ3v) is 9.80. The van der Waals surface area contributed by atoms with Crippen molar-refractivity contribution in [1.29, 1.82) is 0 Å². The Kier molecular flexibility index (Phi) is 8.15. The molecule has 2 amide bonds. The molecule has 3 aromatic rings. The number of nitrogens with two attached hydrogens (primary N) is 1. The molecular formula is C34H44N4O3S. The van der Waals surface area contributed by atoms with Gasteiger partial charge in [0.1, 0.15) is 0 Å². The Morgan fingerprint density at radius 1 is 1.07 bits per heavy atom. The SMILES string of the molecule is CCc1ccc2c(c1)C1CC1(C(=O)N1CCOCC1)Cn1c-2c(C2CCCCC2)c2ccc(C(N)=O)cc21.CN(C)S. The highest BCUT2D eigenvalue weighted by atomic mass is 32.1. The van der Waals surface area contributed by atoms with E-state index in [9.17, 15) is 9.59 Å². The zero-order valence-corrected chi connectivity index (χ0v) is 26.1. The lowest BCUT2D eigenvalue weighted by atomic mass is 9.81. The van der Waals surface area contributed by atoms with Gasteiger partial charge in [0.2, 0.25) is 11.8 Å². The second kappa shape index (κ2) is 11.7. The van der Waals surface area contributed by atoms with Gasteiger partial charge in [0.05, 0.1) is 24.3 Å². The van der Waals surface area contributed by atoms with Crippen LogP contribution in [-0.2, 0) is 22.5 Å². The van der Waals surface area contributed by atoms with Crippen molar-refractivity contribution in [1.82, 2.24) is 13.8 Å². The zero-order valence-electron chi connectivity index (χ0n) is 25.2. The van der Waals surface area contributed by atoms with Crippen molar-refractivity contribution in [2.24, 2.45) is 11.1 Å². The molecule has 2 aromatic carbocycles. The topological polar surface area (TPSA) is 80.8 Å². The molecule has 0 spiro atoms. The van der Waals surface area contributed by atoms with Crippen molar-refractivity contribution in [3.8, 4) is 11.3 Å². The van der Waals surface area contributed by atoms with Crippen LogP contribution in [0.25, 0.3) is 22.2 Å². The number of aryl methyl sites for hydroxylation is 1. The lowest BCUT2D eigenvalue weighted by molar-refractivity contribution is -0.141. The van der Waals surface area contributed by atoms with E-state index in [4.69, 9.17) is 10.5 Å². The molecule has 2 saturated carbocycles. The molecule has 0 radical (unpaired) electrons. The summed E-state index contributed by atoms with van der Waals surface area (Å²) in [5, 5.41) is 1.22. The Morgan fingerprint density at radius 3 is 2.45 bits per heavy atom. The van der Waals surface area contributed by atoms with Crippen LogP contribution in [0, 0.1) is 5.41 Å². The molecule has 3 heterocycles. The van der Waals surface area contributed by atoms with Crippen LogP contribution >= 0.6 is 12.8 Å². The van der Waals surface area contributed by atoms with E-state index in [2.05, 4.69) is 48.6 Å². The van der Waals surface area contributed by atoms with Crippen molar-refractivity contribution in [3.05, 3.63) is 58.7 Å². The van der Waals surface area contributed by atoms with E-state index in [0.29, 0.717) is 44.3 Å². The quantitative estimate of drug-likeness (QED) is 0.380. The first-order valence-electron chi connectivity index (χ1n) is 15.6. The molecule has 0 bridgehead atoms. The fourth-order valence-corrected chi connectivity index (χ4v) is 7.68. The molecule has 1 saturated heterocycles. The fraction of sp³-hybridized carbons (Fsp3) is 0.529. The molecule has 8 heteroatoms. The third kappa shape index (κ3) is 5.16. The number of benzene rings is 2. The molecule has 7 rings (SSSR count). The standard InChI is InChI=1S/C32H37N3O3.C2H7NS/c1-2-20-8-10-23-25(16-20)26-18-32(26,31(37)34-12-14-38-15-13-34)19-35-27-17-22(30(33)36)9-11-24(27)28(29(23)35)21-6-4-3-5-7-21;1-3(2)4/h8-11,16-17,21,26H,2-7,12-15,18-19H2,1H3,(H2,33,36);4H,1-2H3. The van der Waals surface area contributed by atoms with Gasteiger partial charge in [0, 0.05) is 47.6 Å². The van der Waals surface area contributed by atoms with Crippen LogP contribution in [0.1, 0.15) is 84.3 Å². The van der Waals surface area contributed by atoms with Crippen LogP contribution < -0.4 is 5.73 Å². The Hall–Kier alpha value is -2.81. The molecule has 2 aliphatic carbocycles. The van der Waals surface area contributed by atoms with Crippen LogP contribution in [0.5, 0.6) is 0 Å². The first-order valence-corrected chi connectivity index (χ1v) is 16.0. The lowest BCUT2D eigenvalue weighted by Gasteiger charge is -2.31. The number of fused-ring (bicyclic) bond motifs is 7. The summed E-state index contributed by atoms with van der Waals surface area (Å²) in [7, 11) is 3.73. The molecule has 42 heavy (non-hydrogen) atoms. The average molecular weight is 589 g/mol. The Labute approximate surface area is 254 Å². The number of morpholine rings is 1. The predicted octanol–water partition coefficient (Wildman–Crippen LogP) is 5.76. The summed E-state index contributed by atoms with van der Waals surface area (Å²) in [6.45, 7) is 5.38. The van der Waals surface area contributed by atoms with Crippen LogP contribution in [0.4, 0.5) is 0 Å². The minimum Gasteiger partial charge on any atom is -0.378 e. The first kappa shape index (κ1) is 29.3. The second-order valence-electron chi connectivity index (χ2n) is 12.7. The average Bonchev–Trinajstić information content (AvgIpc) is 3.67. The predicted molar refractivity (Wildman–Crippen MR) is 171 cm³/mol. The number of ether oxygens (including phenoxy) is 1. The van der Waals surface area contributed by atoms with Gasteiger partial charge in [-0.25, -0.2) is 0 Å². The molecule has 7 nitrogen and oxygen atoms in total. The van der Waals surface area contributed by atoms with E-state index in [1.165, 1.54) is 65.4 Å². The summed E-state index contributed by atoms with van der Waals surface area (Å²) in [5.74, 6) is 0.555. The van der Waals surface area contributed by atoms with E-state index < -0.39 is 11.3 Å². The molecule has 2 unspecified atom stereocenters. The smallest absolute Gasteiger partial charge is 0.248 e. The van der Waals surface area contributed by atoms with Crippen molar-refractivity contribution in [2.75, 3.05) is 40.4 Å². The molecule has 1 aromatic heterocycles. The van der Waals surface area contributed by atoms with Gasteiger partial charge in [-0.1, -0.05) is 63.3 Å². The molecular weight excluding hydrogens is 544 g/mol. The van der Waals surface area contributed by atoms with Gasteiger partial charge >= 0.3 is 0 Å². The number of aromatic nitrogens is 1. The van der Waals surface area contributed by atoms with E-state index >= 15 is 0 Å². The van der Waals surface area contributed by atoms with Gasteiger partial charge in [-0.3, -0.25) is 13.9 Å². The molecule has 2 atom stereocenters. The van der Waals surface area contributed by atoms with Crippen LogP contribution in [0.2, 0.25) is 0 Å². The fourth-order valence-electron chi connectivity index (χ4n) is 7.68. The highest BCUT2D eigenvalue weighted by Gasteiger charge is 2.63. The van der Waals surface area contributed by atoms with Crippen LogP contribution in [0.3, 0.4) is 0 Å². The largest absolute Gasteiger partial charge is 0.378 e. The van der Waals surface area contributed by atoms with Gasteiger partial charge in [0.15, 0.2) is 0 Å². The number of nitrogens with zero attached hydrogens (tertiary/aromatic N) is 3. The zero-order chi connectivity index (χ0) is 29.6. The summed E-state index contributed by atoms with van der Waals surface area (Å²) < 4.78 is 9.67. The van der Waals surface area contributed by atoms with Gasteiger partial charge < -0.3 is 19.9 Å². The number of hydrogen-bond acceptors (Lipinski definition) is 5. The Morgan fingerprint density at radius 2 is 1.79 bits per heavy atom. The van der Waals surface area contributed by atoms with Crippen molar-refractivity contribution in [2.45, 2.75) is 70.3 Å². The highest BCUT2D eigenvalue weighted by Crippen LogP contribution is 2.66. The minimum atomic E-state index is -0.456. The van der Waals surface area contributed by atoms with Crippen LogP contribution in [-0.4, -0.2) is 66.0 Å². The van der Waals surface area contributed by atoms with Gasteiger partial charge in [-0.2, -0.15) is 0 Å². The maximum Gasteiger partial charge on any atom is 0.248 e. The molecule has 2 N–H and O–H groups in total. The molecule has 2 aliphatic heterocycles. The summed E-state index contributed by atoms with van der Waals surface area (Å²) in [4.78, 5) is 28.5. The number of amides is 2. The minimum absolute atomic E-state index is 0.216. The van der Waals surface area contributed by atoms with Gasteiger partial charge in [-0.15, -0.1) is 0 Å². The van der Waals surface area contributed by atoms with Gasteiger partial charge in [-0.05, 0) is 74.5 Å². The van der Waals surface area contributed by atoms with E-state index in [-0.39, 0.29) is 11.8 Å². The van der Waals surface area contributed by atoms with Crippen molar-refractivity contribution in [3.63, 3.8) is 0 Å². The molecule has 224 valence electrons. The highest BCUT2D eigenvalue weighted by molar-refractivity contribution is 7.77. The lowest BCUT2D eigenvalue weighted by Crippen LogP contribution is -2.45. The second-order valence-corrected chi connectivity index (χ2v) is 13.5. The summed E-state index contributed by atoms with van der Waals surface area (Å²) in [6.07, 6.45) is 8.02. The number of primary amides is 1. The molecule has 4 aliphatic rings. The number of carbonyl (C=O) groups is 2. The van der Waals surface area contributed by atoms with Crippen molar-refractivity contribution < 1.29 is 14.3 Å². The van der Waals surface area contributed by atoms with Crippen molar-refractivity contribution >= 4 is 35.5 Å². The maximum absolute atomic E-state index is 14.2. The van der Waals surface area contributed by atoms with Crippen LogP contribution in [0.15, 0.2) is 36.4 Å². The van der Waals surface area contributed by atoms with E-state index in [1.54, 1.807) is 4.31 Å². The van der Waals surface area contributed by atoms with Gasteiger partial charge in [0.25, 0.3) is 0 Å². The summed E-state index contributed by atoms with van der Waals surface area (Å²) >= 11 is 3.80. The number of rotatable bonds is 4. The summed E-state index contributed by atoms with van der Waals surface area (Å²) in [5.41, 5.74) is 13.5. The Balaban J connectivity index is 0.000000744.